The molecule has 34 heavy (non-hydrogen) atoms. The van der Waals surface area contributed by atoms with Crippen molar-refractivity contribution in [3.8, 4) is 17.1 Å². The van der Waals surface area contributed by atoms with Crippen molar-refractivity contribution in [2.75, 3.05) is 11.5 Å². The van der Waals surface area contributed by atoms with E-state index < -0.39 is 28.7 Å². The van der Waals surface area contributed by atoms with E-state index in [4.69, 9.17) is 5.73 Å². The van der Waals surface area contributed by atoms with Gasteiger partial charge in [-0.25, -0.2) is 13.6 Å². The molecule has 0 aliphatic heterocycles. The van der Waals surface area contributed by atoms with Gasteiger partial charge in [0.1, 0.15) is 23.0 Å². The van der Waals surface area contributed by atoms with Crippen molar-refractivity contribution in [1.29, 1.82) is 0 Å². The van der Waals surface area contributed by atoms with E-state index in [2.05, 4.69) is 10.2 Å². The van der Waals surface area contributed by atoms with Crippen molar-refractivity contribution in [2.24, 2.45) is 14.1 Å². The molecule has 2 aromatic heterocycles. The maximum Gasteiger partial charge on any atom is 0.332 e. The second-order valence-electron chi connectivity index (χ2n) is 7.30. The first-order valence-electron chi connectivity index (χ1n) is 9.87. The smallest absolute Gasteiger partial charge is 0.332 e. The van der Waals surface area contributed by atoms with Crippen molar-refractivity contribution < 1.29 is 13.6 Å². The number of hydrogen-bond acceptors (Lipinski definition) is 7. The van der Waals surface area contributed by atoms with Gasteiger partial charge in [0, 0.05) is 25.3 Å². The fourth-order valence-electron chi connectivity index (χ4n) is 3.30. The summed E-state index contributed by atoms with van der Waals surface area (Å²) in [6.45, 7) is 0. The number of benzene rings is 2. The van der Waals surface area contributed by atoms with Crippen LogP contribution in [0, 0.1) is 11.6 Å². The van der Waals surface area contributed by atoms with Crippen LogP contribution in [0.5, 0.6) is 0 Å². The first-order valence-corrected chi connectivity index (χ1v) is 10.9. The molecule has 0 unspecified atom stereocenters. The molecule has 2 N–H and O–H groups in total. The number of rotatable bonds is 6. The van der Waals surface area contributed by atoms with Crippen LogP contribution in [0.25, 0.3) is 17.1 Å². The first kappa shape index (κ1) is 23.1. The van der Waals surface area contributed by atoms with Crippen molar-refractivity contribution in [3.05, 3.63) is 86.6 Å². The highest BCUT2D eigenvalue weighted by atomic mass is 32.2. The van der Waals surface area contributed by atoms with Gasteiger partial charge >= 0.3 is 5.69 Å². The number of thioether (sulfide) groups is 1. The molecule has 2 aromatic carbocycles. The zero-order valence-corrected chi connectivity index (χ0v) is 18.8. The Balaban J connectivity index is 1.73. The molecular weight excluding hydrogens is 466 g/mol. The van der Waals surface area contributed by atoms with Crippen LogP contribution in [0.15, 0.2) is 63.3 Å². The van der Waals surface area contributed by atoms with E-state index in [9.17, 15) is 23.2 Å². The number of hydrogen-bond donors (Lipinski definition) is 1. The normalized spacial score (nSPS) is 11.1. The average molecular weight is 484 g/mol. The van der Waals surface area contributed by atoms with Gasteiger partial charge < -0.3 is 5.73 Å². The zero-order valence-electron chi connectivity index (χ0n) is 18.0. The topological polar surface area (TPSA) is 118 Å². The monoisotopic (exact) mass is 484 g/mol. The summed E-state index contributed by atoms with van der Waals surface area (Å²) < 4.78 is 30.3. The van der Waals surface area contributed by atoms with Crippen LogP contribution < -0.4 is 17.0 Å². The number of ketones is 1. The highest BCUT2D eigenvalue weighted by Crippen LogP contribution is 2.28. The summed E-state index contributed by atoms with van der Waals surface area (Å²) in [5.41, 5.74) is 5.19. The summed E-state index contributed by atoms with van der Waals surface area (Å²) in [5.74, 6) is -1.58. The van der Waals surface area contributed by atoms with Crippen LogP contribution in [0.4, 0.5) is 14.6 Å². The summed E-state index contributed by atoms with van der Waals surface area (Å²) in [6, 6.07) is 11.1. The molecule has 0 saturated carbocycles. The number of nitrogens with zero attached hydrogens (tertiary/aromatic N) is 5. The van der Waals surface area contributed by atoms with E-state index in [-0.39, 0.29) is 22.3 Å². The highest BCUT2D eigenvalue weighted by Gasteiger charge is 2.22. The van der Waals surface area contributed by atoms with Gasteiger partial charge in [-0.2, -0.15) is 0 Å². The lowest BCUT2D eigenvalue weighted by atomic mass is 10.2. The second kappa shape index (κ2) is 9.06. The van der Waals surface area contributed by atoms with Crippen LogP contribution in [-0.4, -0.2) is 35.4 Å². The number of nitrogens with two attached hydrogens (primary N) is 1. The Morgan fingerprint density at radius 1 is 0.941 bits per heavy atom. The van der Waals surface area contributed by atoms with Crippen LogP contribution in [0.3, 0.4) is 0 Å². The highest BCUT2D eigenvalue weighted by molar-refractivity contribution is 7.99. The fourth-order valence-corrected chi connectivity index (χ4v) is 4.12. The minimum atomic E-state index is -0.793. The molecule has 0 atom stereocenters. The molecule has 0 aliphatic carbocycles. The minimum absolute atomic E-state index is 0.231. The largest absolute Gasteiger partial charge is 0.384 e. The molecule has 0 saturated heterocycles. The van der Waals surface area contributed by atoms with Crippen molar-refractivity contribution >= 4 is 23.4 Å². The SMILES string of the molecule is Cn1c(N)c(C(=O)CSc2nnc(-c3ccc(F)cc3)n2-c2ccc(F)cc2)c(=O)n(C)c1=O. The number of anilines is 1. The van der Waals surface area contributed by atoms with E-state index in [1.54, 1.807) is 4.57 Å². The standard InChI is InChI=1S/C22H18F2N6O3S/c1-28-18(25)17(20(32)29(2)22(28)33)16(31)11-34-21-27-26-19(12-3-5-13(23)6-4-12)30(21)15-9-7-14(24)8-10-15/h3-10H,11,25H2,1-2H3. The molecule has 0 spiro atoms. The predicted octanol–water partition coefficient (Wildman–Crippen LogP) is 2.17. The molecule has 9 nitrogen and oxygen atoms in total. The Morgan fingerprint density at radius 2 is 1.53 bits per heavy atom. The summed E-state index contributed by atoms with van der Waals surface area (Å²) in [5, 5.41) is 8.59. The molecule has 2 heterocycles. The fraction of sp³-hybridized carbons (Fsp3) is 0.136. The van der Waals surface area contributed by atoms with Gasteiger partial charge in [-0.15, -0.1) is 10.2 Å². The molecule has 0 radical (unpaired) electrons. The zero-order chi connectivity index (χ0) is 24.6. The van der Waals surface area contributed by atoms with Gasteiger partial charge in [0.2, 0.25) is 0 Å². The summed E-state index contributed by atoms with van der Waals surface area (Å²) in [7, 11) is 2.62. The Hall–Kier alpha value is -4.06. The number of nitrogen functional groups attached to an aromatic ring is 1. The predicted molar refractivity (Wildman–Crippen MR) is 123 cm³/mol. The third kappa shape index (κ3) is 4.15. The molecule has 12 heteroatoms. The third-order valence-electron chi connectivity index (χ3n) is 5.14. The maximum absolute atomic E-state index is 13.5. The van der Waals surface area contributed by atoms with Gasteiger partial charge in [-0.3, -0.25) is 23.3 Å². The number of carbonyl (C=O) groups is 1. The van der Waals surface area contributed by atoms with E-state index in [1.807, 2.05) is 0 Å². The molecule has 0 amide bonds. The van der Waals surface area contributed by atoms with E-state index in [0.717, 1.165) is 20.9 Å². The van der Waals surface area contributed by atoms with Gasteiger partial charge in [0.25, 0.3) is 5.56 Å². The third-order valence-corrected chi connectivity index (χ3v) is 6.07. The van der Waals surface area contributed by atoms with Crippen LogP contribution in [-0.2, 0) is 14.1 Å². The molecule has 0 bridgehead atoms. The summed E-state index contributed by atoms with van der Waals surface area (Å²) in [6.07, 6.45) is 0. The minimum Gasteiger partial charge on any atom is -0.384 e. The van der Waals surface area contributed by atoms with Gasteiger partial charge in [0.05, 0.1) is 5.75 Å². The summed E-state index contributed by atoms with van der Waals surface area (Å²) in [4.78, 5) is 37.4. The van der Waals surface area contributed by atoms with E-state index >= 15 is 0 Å². The number of carbonyl (C=O) groups excluding carboxylic acids is 1. The van der Waals surface area contributed by atoms with Crippen LogP contribution in [0.1, 0.15) is 10.4 Å². The number of halogens is 2. The van der Waals surface area contributed by atoms with E-state index in [1.165, 1.54) is 62.6 Å². The number of aromatic nitrogens is 5. The Kier molecular flexibility index (Phi) is 6.16. The van der Waals surface area contributed by atoms with Gasteiger partial charge in [0.15, 0.2) is 16.8 Å². The summed E-state index contributed by atoms with van der Waals surface area (Å²) >= 11 is 0.982. The molecule has 0 aliphatic rings. The molecule has 0 fully saturated rings. The Morgan fingerprint density at radius 3 is 2.15 bits per heavy atom. The first-order chi connectivity index (χ1) is 16.2. The maximum atomic E-state index is 13.5. The lowest BCUT2D eigenvalue weighted by Crippen LogP contribution is -2.41. The molecular formula is C22H18F2N6O3S. The molecule has 4 aromatic rings. The lowest BCUT2D eigenvalue weighted by Gasteiger charge is -2.12. The lowest BCUT2D eigenvalue weighted by molar-refractivity contribution is 0.102. The van der Waals surface area contributed by atoms with Crippen molar-refractivity contribution in [3.63, 3.8) is 0 Å². The Bertz CT molecular complexity index is 1510. The second-order valence-corrected chi connectivity index (χ2v) is 8.25. The molecule has 4 rings (SSSR count). The quantitative estimate of drug-likeness (QED) is 0.329. The van der Waals surface area contributed by atoms with Crippen molar-refractivity contribution in [2.45, 2.75) is 5.16 Å². The van der Waals surface area contributed by atoms with Crippen molar-refractivity contribution in [1.82, 2.24) is 23.9 Å². The van der Waals surface area contributed by atoms with Crippen LogP contribution in [0.2, 0.25) is 0 Å². The molecule has 174 valence electrons. The van der Waals surface area contributed by atoms with Gasteiger partial charge in [-0.1, -0.05) is 11.8 Å². The van der Waals surface area contributed by atoms with Crippen LogP contribution >= 0.6 is 11.8 Å². The van der Waals surface area contributed by atoms with Gasteiger partial charge in [-0.05, 0) is 48.5 Å². The number of Topliss-reactive ketones (excluding diaryl/α,β-unsaturated/α-hetero) is 1. The Labute approximate surface area is 195 Å². The average Bonchev–Trinajstić information content (AvgIpc) is 3.25. The van der Waals surface area contributed by atoms with E-state index in [0.29, 0.717) is 17.1 Å².